The van der Waals surface area contributed by atoms with Gasteiger partial charge in [-0.1, -0.05) is 29.4 Å². The molecular weight excluding hydrogens is 598 g/mol. The maximum Gasteiger partial charge on any atom is 0.282 e. The molecule has 10 nitrogen and oxygen atoms in total. The summed E-state index contributed by atoms with van der Waals surface area (Å²) in [6.45, 7) is 0.479. The molecule has 0 spiro atoms. The predicted octanol–water partition coefficient (Wildman–Crippen LogP) is 4.75. The summed E-state index contributed by atoms with van der Waals surface area (Å²) in [6, 6.07) is 8.30. The van der Waals surface area contributed by atoms with Crippen molar-refractivity contribution in [3.8, 4) is 0 Å². The number of piperidine rings is 1. The lowest BCUT2D eigenvalue weighted by Gasteiger charge is -2.31. The van der Waals surface area contributed by atoms with Gasteiger partial charge in [-0.2, -0.15) is 5.10 Å². The van der Waals surface area contributed by atoms with Gasteiger partial charge in [-0.05, 0) is 36.7 Å². The third-order valence-electron chi connectivity index (χ3n) is 7.12. The summed E-state index contributed by atoms with van der Waals surface area (Å²) in [7, 11) is 0. The van der Waals surface area contributed by atoms with Gasteiger partial charge in [-0.15, -0.1) is 11.3 Å². The Bertz CT molecular complexity index is 1460. The van der Waals surface area contributed by atoms with Gasteiger partial charge in [0.2, 0.25) is 5.91 Å². The minimum absolute atomic E-state index is 0.0847. The molecule has 3 aromatic rings. The Morgan fingerprint density at radius 2 is 1.98 bits per heavy atom. The molecule has 1 amide bonds. The smallest absolute Gasteiger partial charge is 0.282 e. The molecule has 0 bridgehead atoms. The fourth-order valence-electron chi connectivity index (χ4n) is 4.93. The molecular formula is C26H27F4N7O3S2. The van der Waals surface area contributed by atoms with E-state index in [1.54, 1.807) is 4.90 Å². The Morgan fingerprint density at radius 1 is 1.21 bits per heavy atom. The lowest BCUT2D eigenvalue weighted by molar-refractivity contribution is -0.133. The van der Waals surface area contributed by atoms with Gasteiger partial charge in [0.25, 0.3) is 18.0 Å². The number of benzene rings is 1. The molecule has 0 saturated carbocycles. The third kappa shape index (κ3) is 6.71. The summed E-state index contributed by atoms with van der Waals surface area (Å²) in [4.78, 5) is 24.9. The van der Waals surface area contributed by atoms with Crippen LogP contribution in [0.25, 0.3) is 0 Å². The topological polar surface area (TPSA) is 120 Å². The number of hydrazine groups is 1. The fourth-order valence-corrected chi connectivity index (χ4v) is 5.99. The van der Waals surface area contributed by atoms with E-state index in [1.807, 2.05) is 29.6 Å². The number of thiazole rings is 1. The van der Waals surface area contributed by atoms with E-state index in [4.69, 9.17) is 32.6 Å². The molecule has 5 rings (SSSR count). The van der Waals surface area contributed by atoms with Crippen molar-refractivity contribution >= 4 is 40.3 Å². The van der Waals surface area contributed by atoms with Crippen molar-refractivity contribution in [1.29, 1.82) is 0 Å². The molecule has 3 N–H and O–H groups in total. The number of aromatic nitrogens is 3. The van der Waals surface area contributed by atoms with Crippen molar-refractivity contribution in [3.63, 3.8) is 0 Å². The van der Waals surface area contributed by atoms with E-state index >= 15 is 0 Å². The van der Waals surface area contributed by atoms with E-state index in [0.29, 0.717) is 43.1 Å². The first-order valence-corrected chi connectivity index (χ1v) is 14.3. The van der Waals surface area contributed by atoms with E-state index in [-0.39, 0.29) is 23.8 Å². The number of thiocarbonyl (C=S) groups is 1. The minimum atomic E-state index is -3.02. The average molecular weight is 626 g/mol. The zero-order valence-corrected chi connectivity index (χ0v) is 23.7. The second-order valence-corrected chi connectivity index (χ2v) is 11.0. The lowest BCUT2D eigenvalue weighted by atomic mass is 9.97. The molecule has 0 aliphatic carbocycles. The van der Waals surface area contributed by atoms with Gasteiger partial charge in [-0.3, -0.25) is 14.9 Å². The molecule has 224 valence electrons. The normalized spacial score (nSPS) is 17.5. The van der Waals surface area contributed by atoms with Crippen molar-refractivity contribution in [2.75, 3.05) is 13.1 Å². The molecule has 1 saturated heterocycles. The van der Waals surface area contributed by atoms with Gasteiger partial charge in [0, 0.05) is 36.4 Å². The van der Waals surface area contributed by atoms with Crippen LogP contribution >= 0.6 is 23.6 Å². The van der Waals surface area contributed by atoms with Crippen LogP contribution in [0.2, 0.25) is 0 Å². The van der Waals surface area contributed by atoms with Crippen molar-refractivity contribution in [3.05, 3.63) is 68.9 Å². The lowest BCUT2D eigenvalue weighted by Crippen LogP contribution is -2.40. The molecule has 0 radical (unpaired) electrons. The number of oxime groups is 1. The Morgan fingerprint density at radius 3 is 2.69 bits per heavy atom. The van der Waals surface area contributed by atoms with E-state index < -0.39 is 36.7 Å². The molecule has 1 unspecified atom stereocenters. The van der Waals surface area contributed by atoms with E-state index in [0.717, 1.165) is 27.5 Å². The van der Waals surface area contributed by atoms with E-state index in [9.17, 15) is 22.4 Å². The molecule has 4 heterocycles. The standard InChI is InChI=1S/C26H27F4N7O3S2/c27-23(28)18-9-20(24(29)30)37(34-18)11-22(38)36-7-5-14(6-8-36)25-32-19(13-42-25)17-10-21(40-35-17)16-4-2-1-3-15(16)12-39-26(41)33-31/h1-4,9,13-14,21,23-24H,5-8,10-12,31H2,(H,33,41). The summed E-state index contributed by atoms with van der Waals surface area (Å²) in [5.74, 6) is 4.93. The largest absolute Gasteiger partial charge is 0.465 e. The van der Waals surface area contributed by atoms with Crippen LogP contribution in [-0.2, 0) is 27.5 Å². The Labute approximate surface area is 247 Å². The van der Waals surface area contributed by atoms with Crippen LogP contribution in [0, 0.1) is 0 Å². The van der Waals surface area contributed by atoms with Crippen molar-refractivity contribution in [1.82, 2.24) is 25.1 Å². The molecule has 42 heavy (non-hydrogen) atoms. The van der Waals surface area contributed by atoms with Gasteiger partial charge in [0.1, 0.15) is 30.3 Å². The molecule has 2 aliphatic rings. The quantitative estimate of drug-likeness (QED) is 0.151. The Hall–Kier alpha value is -3.63. The van der Waals surface area contributed by atoms with Crippen molar-refractivity contribution in [2.24, 2.45) is 11.0 Å². The highest BCUT2D eigenvalue weighted by Crippen LogP contribution is 2.35. The Kier molecular flexibility index (Phi) is 9.33. The average Bonchev–Trinajstić information content (AvgIpc) is 3.76. The Balaban J connectivity index is 1.16. The number of nitrogens with one attached hydrogen (secondary N) is 1. The van der Waals surface area contributed by atoms with E-state index in [2.05, 4.69) is 15.7 Å². The number of hydrogen-bond acceptors (Lipinski definition) is 9. The summed E-state index contributed by atoms with van der Waals surface area (Å²) >= 11 is 6.46. The first kappa shape index (κ1) is 29.8. The first-order chi connectivity index (χ1) is 20.2. The zero-order chi connectivity index (χ0) is 29.8. The second kappa shape index (κ2) is 13.1. The van der Waals surface area contributed by atoms with Gasteiger partial charge in [0.05, 0.1) is 10.7 Å². The van der Waals surface area contributed by atoms with Crippen LogP contribution in [0.3, 0.4) is 0 Å². The number of carbonyl (C=O) groups excluding carboxylic acids is 1. The van der Waals surface area contributed by atoms with E-state index in [1.165, 1.54) is 11.3 Å². The van der Waals surface area contributed by atoms with Crippen molar-refractivity contribution < 1.29 is 31.9 Å². The number of hydrogen-bond donors (Lipinski definition) is 2. The number of ether oxygens (including phenoxy) is 1. The number of likely N-dealkylation sites (tertiary alicyclic amines) is 1. The number of halogens is 4. The van der Waals surface area contributed by atoms with Gasteiger partial charge >= 0.3 is 0 Å². The number of nitrogens with two attached hydrogens (primary N) is 1. The molecule has 1 atom stereocenters. The molecule has 1 fully saturated rings. The van der Waals surface area contributed by atoms with Crippen LogP contribution in [0.4, 0.5) is 17.6 Å². The van der Waals surface area contributed by atoms with Gasteiger partial charge in [-0.25, -0.2) is 28.4 Å². The predicted molar refractivity (Wildman–Crippen MR) is 149 cm³/mol. The number of nitrogens with zero attached hydrogens (tertiary/aromatic N) is 5. The highest BCUT2D eigenvalue weighted by molar-refractivity contribution is 7.80. The number of rotatable bonds is 9. The molecule has 16 heteroatoms. The molecule has 1 aromatic carbocycles. The SMILES string of the molecule is NNC(=S)OCc1ccccc1C1CC(c2csc(C3CCN(C(=O)Cn4nc(C(F)F)cc4C(F)F)CC3)n2)=NO1. The molecule has 2 aliphatic heterocycles. The number of carbonyl (C=O) groups is 1. The monoisotopic (exact) mass is 625 g/mol. The summed E-state index contributed by atoms with van der Waals surface area (Å²) < 4.78 is 58.6. The van der Waals surface area contributed by atoms with Gasteiger partial charge < -0.3 is 14.5 Å². The fraction of sp³-hybridized carbons (Fsp3) is 0.423. The summed E-state index contributed by atoms with van der Waals surface area (Å²) in [5, 5.41) is 10.7. The highest BCUT2D eigenvalue weighted by atomic mass is 32.1. The van der Waals surface area contributed by atoms with Crippen LogP contribution in [0.1, 0.15) is 77.4 Å². The van der Waals surface area contributed by atoms with Crippen LogP contribution in [0.15, 0.2) is 40.9 Å². The maximum absolute atomic E-state index is 13.3. The van der Waals surface area contributed by atoms with Gasteiger partial charge in [0.15, 0.2) is 6.10 Å². The number of amides is 1. The third-order valence-corrected chi connectivity index (χ3v) is 8.37. The molecule has 2 aromatic heterocycles. The second-order valence-electron chi connectivity index (χ2n) is 9.73. The first-order valence-electron chi connectivity index (χ1n) is 13.0. The van der Waals surface area contributed by atoms with Crippen LogP contribution < -0.4 is 11.3 Å². The zero-order valence-electron chi connectivity index (χ0n) is 22.1. The number of alkyl halides is 4. The highest BCUT2D eigenvalue weighted by Gasteiger charge is 2.31. The maximum atomic E-state index is 13.3. The van der Waals surface area contributed by atoms with Crippen LogP contribution in [-0.4, -0.2) is 49.5 Å². The minimum Gasteiger partial charge on any atom is -0.465 e. The van der Waals surface area contributed by atoms with Crippen LogP contribution in [0.5, 0.6) is 0 Å². The summed E-state index contributed by atoms with van der Waals surface area (Å²) in [5.41, 5.74) is 4.08. The van der Waals surface area contributed by atoms with Crippen molar-refractivity contribution in [2.45, 2.75) is 57.3 Å². The summed E-state index contributed by atoms with van der Waals surface area (Å²) in [6.07, 6.45) is -4.56.